The largest absolute Gasteiger partial charge is 0.461 e. The van der Waals surface area contributed by atoms with Crippen LogP contribution in [0.5, 0.6) is 0 Å². The standard InChI is InChI=1S/C10H11ClN4O3/c1-2-17-10(16)9-8(5-11)15(14-13-9)6-7-3-4-12-18-7/h3-4H,2,5-6H2,1H3. The van der Waals surface area contributed by atoms with Crippen LogP contribution in [0.1, 0.15) is 28.9 Å². The van der Waals surface area contributed by atoms with Crippen molar-refractivity contribution < 1.29 is 14.1 Å². The van der Waals surface area contributed by atoms with Crippen molar-refractivity contribution in [2.24, 2.45) is 0 Å². The molecule has 96 valence electrons. The number of ether oxygens (including phenoxy) is 1. The van der Waals surface area contributed by atoms with Crippen molar-refractivity contribution in [1.82, 2.24) is 20.2 Å². The van der Waals surface area contributed by atoms with Gasteiger partial charge < -0.3 is 9.26 Å². The van der Waals surface area contributed by atoms with Gasteiger partial charge in [0, 0.05) is 6.07 Å². The lowest BCUT2D eigenvalue weighted by atomic mass is 10.3. The van der Waals surface area contributed by atoms with Crippen LogP contribution in [0.25, 0.3) is 0 Å². The van der Waals surface area contributed by atoms with Crippen molar-refractivity contribution >= 4 is 17.6 Å². The van der Waals surface area contributed by atoms with E-state index in [2.05, 4.69) is 15.5 Å². The molecule has 2 rings (SSSR count). The van der Waals surface area contributed by atoms with E-state index in [1.807, 2.05) is 0 Å². The Labute approximate surface area is 108 Å². The molecule has 0 saturated heterocycles. The third kappa shape index (κ3) is 2.51. The Morgan fingerprint density at radius 1 is 1.61 bits per heavy atom. The second kappa shape index (κ2) is 5.63. The van der Waals surface area contributed by atoms with E-state index in [1.54, 1.807) is 13.0 Å². The van der Waals surface area contributed by atoms with Crippen LogP contribution >= 0.6 is 11.6 Å². The van der Waals surface area contributed by atoms with Gasteiger partial charge in [0.25, 0.3) is 0 Å². The fourth-order valence-corrected chi connectivity index (χ4v) is 1.69. The summed E-state index contributed by atoms with van der Waals surface area (Å²) in [5.74, 6) is 0.175. The number of carbonyl (C=O) groups is 1. The molecule has 0 N–H and O–H groups in total. The third-order valence-electron chi connectivity index (χ3n) is 2.23. The number of carbonyl (C=O) groups excluding carboxylic acids is 1. The molecule has 2 aromatic heterocycles. The highest BCUT2D eigenvalue weighted by Crippen LogP contribution is 2.12. The highest BCUT2D eigenvalue weighted by atomic mass is 35.5. The summed E-state index contributed by atoms with van der Waals surface area (Å²) in [6, 6.07) is 1.70. The van der Waals surface area contributed by atoms with Gasteiger partial charge in [-0.05, 0) is 6.92 Å². The maximum absolute atomic E-state index is 11.6. The van der Waals surface area contributed by atoms with Gasteiger partial charge in [-0.15, -0.1) is 16.7 Å². The zero-order valence-electron chi connectivity index (χ0n) is 9.67. The number of halogens is 1. The second-order valence-electron chi connectivity index (χ2n) is 3.38. The smallest absolute Gasteiger partial charge is 0.360 e. The van der Waals surface area contributed by atoms with Crippen molar-refractivity contribution in [2.75, 3.05) is 6.61 Å². The van der Waals surface area contributed by atoms with Gasteiger partial charge in [0.15, 0.2) is 11.5 Å². The molecule has 0 bridgehead atoms. The van der Waals surface area contributed by atoms with Crippen molar-refractivity contribution in [1.29, 1.82) is 0 Å². The molecule has 0 atom stereocenters. The van der Waals surface area contributed by atoms with Gasteiger partial charge in [-0.25, -0.2) is 9.48 Å². The van der Waals surface area contributed by atoms with Gasteiger partial charge in [0.05, 0.1) is 24.4 Å². The van der Waals surface area contributed by atoms with Crippen LogP contribution in [-0.4, -0.2) is 32.7 Å². The number of alkyl halides is 1. The highest BCUT2D eigenvalue weighted by Gasteiger charge is 2.20. The van der Waals surface area contributed by atoms with Crippen LogP contribution in [0.4, 0.5) is 0 Å². The number of rotatable bonds is 5. The molecule has 8 heteroatoms. The van der Waals surface area contributed by atoms with E-state index in [0.29, 0.717) is 18.0 Å². The molecule has 0 unspecified atom stereocenters. The number of aromatic nitrogens is 4. The summed E-state index contributed by atoms with van der Waals surface area (Å²) in [6.45, 7) is 2.31. The third-order valence-corrected chi connectivity index (χ3v) is 2.48. The maximum atomic E-state index is 11.6. The maximum Gasteiger partial charge on any atom is 0.360 e. The molecule has 0 spiro atoms. The van der Waals surface area contributed by atoms with E-state index in [-0.39, 0.29) is 18.2 Å². The van der Waals surface area contributed by atoms with Gasteiger partial charge in [0.2, 0.25) is 0 Å². The van der Waals surface area contributed by atoms with Crippen molar-refractivity contribution in [2.45, 2.75) is 19.3 Å². The zero-order chi connectivity index (χ0) is 13.0. The fourth-order valence-electron chi connectivity index (χ4n) is 1.42. The second-order valence-corrected chi connectivity index (χ2v) is 3.64. The van der Waals surface area contributed by atoms with E-state index in [0.717, 1.165) is 0 Å². The Morgan fingerprint density at radius 2 is 2.44 bits per heavy atom. The van der Waals surface area contributed by atoms with E-state index >= 15 is 0 Å². The summed E-state index contributed by atoms with van der Waals surface area (Å²) in [5.41, 5.74) is 0.623. The molecular formula is C10H11ClN4O3. The normalized spacial score (nSPS) is 10.6. The van der Waals surface area contributed by atoms with Gasteiger partial charge in [-0.2, -0.15) is 0 Å². The van der Waals surface area contributed by atoms with Crippen LogP contribution in [0.2, 0.25) is 0 Å². The molecule has 0 aromatic carbocycles. The number of nitrogens with zero attached hydrogens (tertiary/aromatic N) is 4. The molecule has 2 heterocycles. The molecule has 0 aliphatic rings. The minimum absolute atomic E-state index is 0.106. The van der Waals surface area contributed by atoms with E-state index in [9.17, 15) is 4.79 Å². The average Bonchev–Trinajstić information content (AvgIpc) is 2.99. The monoisotopic (exact) mass is 270 g/mol. The van der Waals surface area contributed by atoms with Crippen molar-refractivity contribution in [3.8, 4) is 0 Å². The van der Waals surface area contributed by atoms with Gasteiger partial charge in [0.1, 0.15) is 6.54 Å². The molecule has 0 saturated carbocycles. The molecule has 0 radical (unpaired) electrons. The first-order chi connectivity index (χ1) is 8.76. The first-order valence-corrected chi connectivity index (χ1v) is 5.84. The van der Waals surface area contributed by atoms with Crippen molar-refractivity contribution in [3.63, 3.8) is 0 Å². The summed E-state index contributed by atoms with van der Waals surface area (Å²) >= 11 is 5.81. The molecular weight excluding hydrogens is 260 g/mol. The Balaban J connectivity index is 2.24. The molecule has 2 aromatic rings. The quantitative estimate of drug-likeness (QED) is 0.600. The van der Waals surface area contributed by atoms with E-state index in [4.69, 9.17) is 20.9 Å². The lowest BCUT2D eigenvalue weighted by Crippen LogP contribution is -2.10. The number of hydrogen-bond donors (Lipinski definition) is 0. The Bertz CT molecular complexity index is 523. The molecule has 0 fully saturated rings. The van der Waals surface area contributed by atoms with Gasteiger partial charge >= 0.3 is 5.97 Å². The summed E-state index contributed by atoms with van der Waals surface area (Å²) < 4.78 is 11.3. The van der Waals surface area contributed by atoms with Crippen LogP contribution < -0.4 is 0 Å². The molecule has 18 heavy (non-hydrogen) atoms. The number of hydrogen-bond acceptors (Lipinski definition) is 6. The lowest BCUT2D eigenvalue weighted by molar-refractivity contribution is 0.0518. The molecule has 7 nitrogen and oxygen atoms in total. The van der Waals surface area contributed by atoms with Crippen LogP contribution in [0.15, 0.2) is 16.8 Å². The fraction of sp³-hybridized carbons (Fsp3) is 0.400. The minimum Gasteiger partial charge on any atom is -0.461 e. The number of esters is 1. The lowest BCUT2D eigenvalue weighted by Gasteiger charge is -2.02. The predicted molar refractivity (Wildman–Crippen MR) is 61.1 cm³/mol. The van der Waals surface area contributed by atoms with Crippen LogP contribution in [0.3, 0.4) is 0 Å². The van der Waals surface area contributed by atoms with Gasteiger partial charge in [-0.1, -0.05) is 10.4 Å². The Kier molecular flexibility index (Phi) is 3.93. The van der Waals surface area contributed by atoms with E-state index in [1.165, 1.54) is 10.9 Å². The van der Waals surface area contributed by atoms with Gasteiger partial charge in [-0.3, -0.25) is 0 Å². The SMILES string of the molecule is CCOC(=O)c1nnn(Cc2ccno2)c1CCl. The molecule has 0 amide bonds. The van der Waals surface area contributed by atoms with Crippen molar-refractivity contribution in [3.05, 3.63) is 29.4 Å². The summed E-state index contributed by atoms with van der Waals surface area (Å²) in [7, 11) is 0. The average molecular weight is 271 g/mol. The highest BCUT2D eigenvalue weighted by molar-refractivity contribution is 6.17. The Hall–Kier alpha value is -1.89. The van der Waals surface area contributed by atoms with Crippen LogP contribution in [-0.2, 0) is 17.2 Å². The zero-order valence-corrected chi connectivity index (χ0v) is 10.4. The summed E-state index contributed by atoms with van der Waals surface area (Å²) in [4.78, 5) is 11.6. The first-order valence-electron chi connectivity index (χ1n) is 5.31. The topological polar surface area (TPSA) is 83.0 Å². The molecule has 0 aliphatic heterocycles. The Morgan fingerprint density at radius 3 is 3.06 bits per heavy atom. The summed E-state index contributed by atoms with van der Waals surface area (Å²) in [5, 5.41) is 11.2. The predicted octanol–water partition coefficient (Wildman–Crippen LogP) is 1.23. The van der Waals surface area contributed by atoms with E-state index < -0.39 is 5.97 Å². The molecule has 0 aliphatic carbocycles. The van der Waals surface area contributed by atoms with Crippen LogP contribution in [0, 0.1) is 0 Å². The summed E-state index contributed by atoms with van der Waals surface area (Å²) in [6.07, 6.45) is 1.53. The first kappa shape index (κ1) is 12.6. The minimum atomic E-state index is -0.531.